The van der Waals surface area contributed by atoms with Gasteiger partial charge in [0.2, 0.25) is 0 Å². The summed E-state index contributed by atoms with van der Waals surface area (Å²) in [6.45, 7) is 0.00212. The van der Waals surface area contributed by atoms with Crippen molar-refractivity contribution in [3.8, 4) is 6.07 Å². The van der Waals surface area contributed by atoms with Gasteiger partial charge in [0.1, 0.15) is 23.1 Å². The van der Waals surface area contributed by atoms with Crippen LogP contribution in [0.2, 0.25) is 5.02 Å². The Kier molecular flexibility index (Phi) is 4.96. The molecule has 0 radical (unpaired) electrons. The summed E-state index contributed by atoms with van der Waals surface area (Å²) in [5.41, 5.74) is -0.387. The number of fused-ring (bicyclic) bond motifs is 1. The Morgan fingerprint density at radius 1 is 0.967 bits per heavy atom. The number of carbonyl (C=O) groups excluding carboxylic acids is 1. The van der Waals surface area contributed by atoms with Crippen molar-refractivity contribution in [3.63, 3.8) is 0 Å². The van der Waals surface area contributed by atoms with Crippen LogP contribution in [0, 0.1) is 11.3 Å². The lowest BCUT2D eigenvalue weighted by atomic mass is 10.1. The molecule has 0 aliphatic carbocycles. The van der Waals surface area contributed by atoms with Gasteiger partial charge >= 0.3 is 5.69 Å². The summed E-state index contributed by atoms with van der Waals surface area (Å²) in [7, 11) is 0. The Balaban J connectivity index is 1.91. The highest BCUT2D eigenvalue weighted by Crippen LogP contribution is 2.29. The van der Waals surface area contributed by atoms with Gasteiger partial charge in [-0.05, 0) is 17.2 Å². The van der Waals surface area contributed by atoms with Gasteiger partial charge in [-0.15, -0.1) is 0 Å². The second-order valence-electron chi connectivity index (χ2n) is 6.47. The van der Waals surface area contributed by atoms with Crippen LogP contribution >= 0.6 is 11.6 Å². The highest BCUT2D eigenvalue weighted by Gasteiger charge is 2.27. The lowest BCUT2D eigenvalue weighted by Gasteiger charge is -2.16. The summed E-state index contributed by atoms with van der Waals surface area (Å²) in [5.74, 6) is -0.784. The van der Waals surface area contributed by atoms with Gasteiger partial charge in [-0.2, -0.15) is 5.26 Å². The van der Waals surface area contributed by atoms with Gasteiger partial charge in [-0.1, -0.05) is 60.1 Å². The summed E-state index contributed by atoms with van der Waals surface area (Å²) >= 11 is 6.21. The molecule has 0 bridgehead atoms. The summed E-state index contributed by atoms with van der Waals surface area (Å²) in [5, 5.41) is 15.4. The number of rotatable bonds is 3. The molecule has 1 aliphatic heterocycles. The van der Waals surface area contributed by atoms with Crippen LogP contribution in [0.3, 0.4) is 0 Å². The van der Waals surface area contributed by atoms with E-state index in [-0.39, 0.29) is 29.3 Å². The number of aromatic nitrogens is 2. The molecule has 0 saturated heterocycles. The molecule has 2 aromatic carbocycles. The molecule has 8 nitrogen and oxygen atoms in total. The van der Waals surface area contributed by atoms with Gasteiger partial charge < -0.3 is 10.6 Å². The molecular formula is C21H14ClN5O3. The van der Waals surface area contributed by atoms with Crippen molar-refractivity contribution in [1.29, 1.82) is 5.26 Å². The quantitative estimate of drug-likeness (QED) is 0.602. The highest BCUT2D eigenvalue weighted by molar-refractivity contribution is 6.31. The summed E-state index contributed by atoms with van der Waals surface area (Å²) < 4.78 is 1.19. The molecule has 0 spiro atoms. The summed E-state index contributed by atoms with van der Waals surface area (Å²) in [6.07, 6.45) is 0. The minimum Gasteiger partial charge on any atom is -0.346 e. The number of nitriles is 1. The van der Waals surface area contributed by atoms with Crippen molar-refractivity contribution < 1.29 is 4.79 Å². The van der Waals surface area contributed by atoms with Gasteiger partial charge in [0, 0.05) is 5.02 Å². The molecule has 9 heteroatoms. The minimum atomic E-state index is -0.736. The van der Waals surface area contributed by atoms with Crippen molar-refractivity contribution in [2.75, 3.05) is 10.6 Å². The minimum absolute atomic E-state index is 0.00212. The van der Waals surface area contributed by atoms with Gasteiger partial charge in [-0.3, -0.25) is 19.1 Å². The number of hydrogen-bond donors (Lipinski definition) is 3. The van der Waals surface area contributed by atoms with Gasteiger partial charge in [0.05, 0.1) is 12.2 Å². The highest BCUT2D eigenvalue weighted by atomic mass is 35.5. The average molecular weight is 420 g/mol. The Bertz CT molecular complexity index is 1350. The topological polar surface area (TPSA) is 120 Å². The first-order chi connectivity index (χ1) is 14.5. The number of carbonyl (C=O) groups is 1. The number of hydrogen-bond acceptors (Lipinski definition) is 5. The van der Waals surface area contributed by atoms with Crippen LogP contribution in [0.4, 0.5) is 11.5 Å². The molecule has 0 saturated carbocycles. The van der Waals surface area contributed by atoms with Crippen LogP contribution in [-0.2, 0) is 11.3 Å². The zero-order valence-electron chi connectivity index (χ0n) is 15.4. The number of nitrogens with one attached hydrogen (secondary N) is 3. The molecule has 148 valence electrons. The summed E-state index contributed by atoms with van der Waals surface area (Å²) in [6, 6.07) is 17.5. The van der Waals surface area contributed by atoms with Gasteiger partial charge in [0.15, 0.2) is 0 Å². The molecule has 3 aromatic rings. The first kappa shape index (κ1) is 19.2. The van der Waals surface area contributed by atoms with Crippen LogP contribution in [0.1, 0.15) is 11.1 Å². The van der Waals surface area contributed by atoms with E-state index >= 15 is 0 Å². The molecule has 0 unspecified atom stereocenters. The second kappa shape index (κ2) is 7.73. The third-order valence-corrected chi connectivity index (χ3v) is 4.99. The van der Waals surface area contributed by atoms with E-state index in [0.29, 0.717) is 16.1 Å². The molecule has 1 amide bonds. The van der Waals surface area contributed by atoms with E-state index in [4.69, 9.17) is 11.6 Å². The Morgan fingerprint density at radius 3 is 2.37 bits per heavy atom. The van der Waals surface area contributed by atoms with E-state index in [1.165, 1.54) is 4.57 Å². The lowest BCUT2D eigenvalue weighted by molar-refractivity contribution is -0.112. The zero-order valence-corrected chi connectivity index (χ0v) is 16.2. The van der Waals surface area contributed by atoms with E-state index in [0.717, 1.165) is 0 Å². The number of amides is 1. The third-order valence-electron chi connectivity index (χ3n) is 4.62. The average Bonchev–Trinajstić information content (AvgIpc) is 2.89. The van der Waals surface area contributed by atoms with Crippen molar-refractivity contribution in [2.45, 2.75) is 6.54 Å². The van der Waals surface area contributed by atoms with Crippen LogP contribution < -0.4 is 21.9 Å². The number of halogens is 1. The van der Waals surface area contributed by atoms with Gasteiger partial charge in [0.25, 0.3) is 11.5 Å². The molecule has 30 heavy (non-hydrogen) atoms. The first-order valence-corrected chi connectivity index (χ1v) is 9.26. The molecule has 0 fully saturated rings. The van der Waals surface area contributed by atoms with E-state index in [9.17, 15) is 19.6 Å². The molecule has 0 atom stereocenters. The largest absolute Gasteiger partial charge is 0.346 e. The third kappa shape index (κ3) is 3.38. The Labute approximate surface area is 175 Å². The maximum absolute atomic E-state index is 12.8. The fraction of sp³-hybridized carbons (Fsp3) is 0.0476. The predicted octanol–water partition coefficient (Wildman–Crippen LogP) is 2.54. The molecule has 2 heterocycles. The van der Waals surface area contributed by atoms with Crippen LogP contribution in [-0.4, -0.2) is 15.5 Å². The monoisotopic (exact) mass is 419 g/mol. The number of anilines is 2. The summed E-state index contributed by atoms with van der Waals surface area (Å²) in [4.78, 5) is 40.2. The van der Waals surface area contributed by atoms with E-state index in [1.54, 1.807) is 54.6 Å². The van der Waals surface area contributed by atoms with E-state index in [2.05, 4.69) is 15.6 Å². The van der Waals surface area contributed by atoms with Crippen LogP contribution in [0.25, 0.3) is 5.70 Å². The first-order valence-electron chi connectivity index (χ1n) is 8.88. The SMILES string of the molecule is N#CC1=C(c2ccccc2)Nc2c(n(Cc3ccccc3Cl)c(=O)[nH]c2=O)NC1=O. The molecule has 4 rings (SSSR count). The van der Waals surface area contributed by atoms with E-state index in [1.807, 2.05) is 6.07 Å². The fourth-order valence-corrected chi connectivity index (χ4v) is 3.36. The molecule has 1 aliphatic rings. The maximum Gasteiger partial charge on any atom is 0.330 e. The van der Waals surface area contributed by atoms with Crippen molar-refractivity contribution >= 4 is 34.7 Å². The number of benzene rings is 2. The molecule has 3 N–H and O–H groups in total. The predicted molar refractivity (Wildman–Crippen MR) is 113 cm³/mol. The lowest BCUT2D eigenvalue weighted by Crippen LogP contribution is -2.34. The fourth-order valence-electron chi connectivity index (χ4n) is 3.16. The van der Waals surface area contributed by atoms with Crippen molar-refractivity contribution in [3.05, 3.63) is 97.2 Å². The van der Waals surface area contributed by atoms with Crippen LogP contribution in [0.5, 0.6) is 0 Å². The van der Waals surface area contributed by atoms with E-state index < -0.39 is 17.2 Å². The van der Waals surface area contributed by atoms with Crippen molar-refractivity contribution in [2.24, 2.45) is 0 Å². The maximum atomic E-state index is 12.8. The zero-order chi connectivity index (χ0) is 21.3. The molecular weight excluding hydrogens is 406 g/mol. The normalized spacial score (nSPS) is 13.0. The Hall–Kier alpha value is -4.09. The standard InChI is InChI=1S/C21H14ClN5O3/c22-15-9-5-4-8-13(15)11-27-18-17(20(29)26-21(27)30)24-16(12-6-2-1-3-7-12)14(10-23)19(28)25-18/h1-9,24H,11H2,(H,25,28)(H,26,29,30). The second-order valence-corrected chi connectivity index (χ2v) is 6.87. The van der Waals surface area contributed by atoms with Gasteiger partial charge in [-0.25, -0.2) is 4.79 Å². The molecule has 1 aromatic heterocycles. The number of H-pyrrole nitrogens is 1. The smallest absolute Gasteiger partial charge is 0.330 e. The Morgan fingerprint density at radius 2 is 1.67 bits per heavy atom. The number of aromatic amines is 1. The van der Waals surface area contributed by atoms with Crippen LogP contribution in [0.15, 0.2) is 69.8 Å². The number of nitrogens with zero attached hydrogens (tertiary/aromatic N) is 2. The van der Waals surface area contributed by atoms with Crippen molar-refractivity contribution in [1.82, 2.24) is 9.55 Å².